The predicted octanol–water partition coefficient (Wildman–Crippen LogP) is 2.38. The van der Waals surface area contributed by atoms with Gasteiger partial charge in [-0.15, -0.1) is 0 Å². The fourth-order valence-corrected chi connectivity index (χ4v) is 2.96. The molecule has 1 aliphatic carbocycles. The average Bonchev–Trinajstić information content (AvgIpc) is 3.15. The summed E-state index contributed by atoms with van der Waals surface area (Å²) in [6.45, 7) is 4.87. The van der Waals surface area contributed by atoms with Crippen LogP contribution >= 0.6 is 0 Å². The van der Waals surface area contributed by atoms with Crippen LogP contribution in [0, 0.1) is 5.92 Å². The second kappa shape index (κ2) is 5.45. The van der Waals surface area contributed by atoms with Crippen LogP contribution < -0.4 is 5.73 Å². The van der Waals surface area contributed by atoms with Crippen LogP contribution in [0.5, 0.6) is 0 Å². The summed E-state index contributed by atoms with van der Waals surface area (Å²) >= 11 is 0. The minimum atomic E-state index is 0.279. The largest absolute Gasteiger partial charge is 0.353 e. The lowest BCUT2D eigenvalue weighted by Gasteiger charge is -2.26. The second-order valence-electron chi connectivity index (χ2n) is 5.95. The number of hydrogen-bond donors (Lipinski definition) is 1. The van der Waals surface area contributed by atoms with Crippen LogP contribution in [-0.4, -0.2) is 29.1 Å². The highest BCUT2D eigenvalue weighted by atomic mass is 15.1. The van der Waals surface area contributed by atoms with Gasteiger partial charge < -0.3 is 15.2 Å². The first-order valence-electron chi connectivity index (χ1n) is 7.46. The first-order valence-corrected chi connectivity index (χ1v) is 7.46. The lowest BCUT2D eigenvalue weighted by Crippen LogP contribution is -2.32. The predicted molar refractivity (Wildman–Crippen MR) is 74.4 cm³/mol. The monoisotopic (exact) mass is 247 g/mol. The summed E-state index contributed by atoms with van der Waals surface area (Å²) in [4.78, 5) is 2.59. The zero-order valence-corrected chi connectivity index (χ0v) is 11.2. The second-order valence-corrected chi connectivity index (χ2v) is 5.95. The molecule has 2 fully saturated rings. The van der Waals surface area contributed by atoms with Crippen molar-refractivity contribution in [3.8, 4) is 0 Å². The summed E-state index contributed by atoms with van der Waals surface area (Å²) in [5.74, 6) is 0.753. The molecule has 0 aromatic carbocycles. The number of aromatic nitrogens is 1. The normalized spacial score (nSPS) is 23.2. The number of piperidine rings is 1. The number of nitrogens with two attached hydrogens (primary N) is 1. The van der Waals surface area contributed by atoms with Gasteiger partial charge in [-0.3, -0.25) is 0 Å². The lowest BCUT2D eigenvalue weighted by atomic mass is 10.1. The molecule has 2 N–H and O–H groups in total. The van der Waals surface area contributed by atoms with Crippen molar-refractivity contribution in [1.29, 1.82) is 0 Å². The van der Waals surface area contributed by atoms with Gasteiger partial charge in [0.2, 0.25) is 0 Å². The molecule has 1 aromatic heterocycles. The third-order valence-electron chi connectivity index (χ3n) is 4.41. The average molecular weight is 247 g/mol. The van der Waals surface area contributed by atoms with E-state index in [2.05, 4.69) is 27.9 Å². The van der Waals surface area contributed by atoms with Crippen LogP contribution in [0.15, 0.2) is 18.5 Å². The molecule has 1 saturated heterocycles. The molecule has 2 heterocycles. The van der Waals surface area contributed by atoms with E-state index in [1.165, 1.54) is 57.3 Å². The number of rotatable bonds is 5. The van der Waals surface area contributed by atoms with Crippen molar-refractivity contribution in [1.82, 2.24) is 9.47 Å². The van der Waals surface area contributed by atoms with Crippen LogP contribution in [0.25, 0.3) is 0 Å². The van der Waals surface area contributed by atoms with Gasteiger partial charge in [-0.1, -0.05) is 6.42 Å². The van der Waals surface area contributed by atoms with E-state index in [0.29, 0.717) is 0 Å². The number of nitrogens with zero attached hydrogens (tertiary/aromatic N) is 2. The maximum absolute atomic E-state index is 6.23. The molecule has 100 valence electrons. The Balaban J connectivity index is 1.50. The van der Waals surface area contributed by atoms with Crippen LogP contribution in [0.1, 0.15) is 43.7 Å². The molecule has 1 atom stereocenters. The van der Waals surface area contributed by atoms with E-state index in [1.807, 2.05) is 0 Å². The minimum absolute atomic E-state index is 0.279. The summed E-state index contributed by atoms with van der Waals surface area (Å²) in [6.07, 6.45) is 11.3. The Kier molecular flexibility index (Phi) is 3.71. The van der Waals surface area contributed by atoms with E-state index < -0.39 is 0 Å². The fourth-order valence-electron chi connectivity index (χ4n) is 2.96. The molecule has 0 spiro atoms. The van der Waals surface area contributed by atoms with E-state index >= 15 is 0 Å². The van der Waals surface area contributed by atoms with Crippen LogP contribution in [0.3, 0.4) is 0 Å². The van der Waals surface area contributed by atoms with Crippen molar-refractivity contribution in [2.75, 3.05) is 19.6 Å². The molecule has 3 rings (SSSR count). The smallest absolute Gasteiger partial charge is 0.0347 e. The molecule has 0 bridgehead atoms. The van der Waals surface area contributed by atoms with Crippen molar-refractivity contribution in [2.45, 2.75) is 44.7 Å². The van der Waals surface area contributed by atoms with Crippen molar-refractivity contribution >= 4 is 0 Å². The molecule has 1 unspecified atom stereocenters. The van der Waals surface area contributed by atoms with Gasteiger partial charge in [-0.2, -0.15) is 0 Å². The Bertz CT molecular complexity index is 375. The van der Waals surface area contributed by atoms with E-state index in [-0.39, 0.29) is 6.04 Å². The molecular weight excluding hydrogens is 222 g/mol. The molecule has 0 radical (unpaired) electrons. The van der Waals surface area contributed by atoms with Crippen molar-refractivity contribution in [2.24, 2.45) is 11.7 Å². The Morgan fingerprint density at radius 3 is 2.67 bits per heavy atom. The molecule has 2 aliphatic rings. The van der Waals surface area contributed by atoms with Crippen molar-refractivity contribution in [3.05, 3.63) is 24.0 Å². The highest BCUT2D eigenvalue weighted by molar-refractivity contribution is 5.17. The summed E-state index contributed by atoms with van der Waals surface area (Å²) in [5.41, 5.74) is 7.56. The molecule has 1 aliphatic heterocycles. The quantitative estimate of drug-likeness (QED) is 0.867. The van der Waals surface area contributed by atoms with Gasteiger partial charge in [0.05, 0.1) is 0 Å². The molecule has 3 heteroatoms. The highest BCUT2D eigenvalue weighted by Crippen LogP contribution is 2.39. The molecule has 18 heavy (non-hydrogen) atoms. The van der Waals surface area contributed by atoms with Gasteiger partial charge in [0.15, 0.2) is 0 Å². The summed E-state index contributed by atoms with van der Waals surface area (Å²) in [5, 5.41) is 0. The standard InChI is InChI=1S/C15H25N3/c16-15(13-4-5-13)14-6-9-18(12-14)11-10-17-7-2-1-3-8-17/h6,9,12-13,15H,1-5,7-8,10-11,16H2. The first kappa shape index (κ1) is 12.2. The van der Waals surface area contributed by atoms with Gasteiger partial charge in [-0.25, -0.2) is 0 Å². The number of likely N-dealkylation sites (tertiary alicyclic amines) is 1. The molecule has 3 nitrogen and oxygen atoms in total. The Morgan fingerprint density at radius 1 is 1.17 bits per heavy atom. The summed E-state index contributed by atoms with van der Waals surface area (Å²) in [6, 6.07) is 2.49. The Morgan fingerprint density at radius 2 is 1.94 bits per heavy atom. The molecular formula is C15H25N3. The summed E-state index contributed by atoms with van der Waals surface area (Å²) in [7, 11) is 0. The third-order valence-corrected chi connectivity index (χ3v) is 4.41. The van der Waals surface area contributed by atoms with E-state index in [0.717, 1.165) is 12.5 Å². The topological polar surface area (TPSA) is 34.2 Å². The zero-order valence-electron chi connectivity index (χ0n) is 11.2. The Hall–Kier alpha value is -0.800. The molecule has 1 saturated carbocycles. The first-order chi connectivity index (χ1) is 8.83. The van der Waals surface area contributed by atoms with Gasteiger partial charge in [-0.05, 0) is 56.3 Å². The Labute approximate surface area is 110 Å². The molecule has 1 aromatic rings. The van der Waals surface area contributed by atoms with Crippen LogP contribution in [0.4, 0.5) is 0 Å². The van der Waals surface area contributed by atoms with Crippen molar-refractivity contribution < 1.29 is 0 Å². The maximum Gasteiger partial charge on any atom is 0.0347 e. The number of hydrogen-bond acceptors (Lipinski definition) is 2. The van der Waals surface area contributed by atoms with Gasteiger partial charge in [0, 0.05) is 31.5 Å². The lowest BCUT2D eigenvalue weighted by molar-refractivity contribution is 0.221. The highest BCUT2D eigenvalue weighted by Gasteiger charge is 2.29. The zero-order chi connectivity index (χ0) is 12.4. The maximum atomic E-state index is 6.23. The summed E-state index contributed by atoms with van der Waals surface area (Å²) < 4.78 is 2.31. The van der Waals surface area contributed by atoms with Crippen LogP contribution in [-0.2, 0) is 6.54 Å². The van der Waals surface area contributed by atoms with Gasteiger partial charge in [0.1, 0.15) is 0 Å². The van der Waals surface area contributed by atoms with Gasteiger partial charge in [0.25, 0.3) is 0 Å². The molecule has 0 amide bonds. The van der Waals surface area contributed by atoms with E-state index in [9.17, 15) is 0 Å². The fraction of sp³-hybridized carbons (Fsp3) is 0.733. The van der Waals surface area contributed by atoms with E-state index in [1.54, 1.807) is 0 Å². The van der Waals surface area contributed by atoms with Gasteiger partial charge >= 0.3 is 0 Å². The van der Waals surface area contributed by atoms with Crippen molar-refractivity contribution in [3.63, 3.8) is 0 Å². The minimum Gasteiger partial charge on any atom is -0.353 e. The third kappa shape index (κ3) is 2.96. The van der Waals surface area contributed by atoms with E-state index in [4.69, 9.17) is 5.73 Å². The SMILES string of the molecule is NC(c1ccn(CCN2CCCCC2)c1)C1CC1. The van der Waals surface area contributed by atoms with Crippen LogP contribution in [0.2, 0.25) is 0 Å².